The molecule has 0 radical (unpaired) electrons. The number of rotatable bonds is 51. The summed E-state index contributed by atoms with van der Waals surface area (Å²) in [7, 11) is 3.07. The van der Waals surface area contributed by atoms with Gasteiger partial charge in [0.1, 0.15) is 32.2 Å². The van der Waals surface area contributed by atoms with Crippen LogP contribution in [0.3, 0.4) is 0 Å². The topological polar surface area (TPSA) is 403 Å². The molecule has 0 aliphatic carbocycles. The Bertz CT molecular complexity index is 3730. The van der Waals surface area contributed by atoms with Gasteiger partial charge in [-0.15, -0.1) is 0 Å². The zero-order chi connectivity index (χ0) is 75.2. The molecule has 0 bridgehead atoms. The Balaban J connectivity index is 0.752. The van der Waals surface area contributed by atoms with Crippen LogP contribution in [0.25, 0.3) is 32.7 Å². The van der Waals surface area contributed by atoms with Crippen LogP contribution in [0.2, 0.25) is 0 Å². The second-order valence-corrected chi connectivity index (χ2v) is 24.7. The molecule has 32 heteroatoms. The maximum absolute atomic E-state index is 14.2. The highest BCUT2D eigenvalue weighted by Gasteiger charge is 2.45. The van der Waals surface area contributed by atoms with E-state index < -0.39 is 66.7 Å². The predicted molar refractivity (Wildman–Crippen MR) is 383 cm³/mol. The normalized spacial score (nSPS) is 14.1. The lowest BCUT2D eigenvalue weighted by molar-refractivity contribution is -0.172. The number of anilines is 1. The van der Waals surface area contributed by atoms with E-state index in [0.717, 1.165) is 22.1 Å². The highest BCUT2D eigenvalue weighted by molar-refractivity contribution is 5.98. The highest BCUT2D eigenvalue weighted by Crippen LogP contribution is 2.41. The number of amides is 5. The summed E-state index contributed by atoms with van der Waals surface area (Å²) < 4.78 is 67.2. The molecular weight excluding hydrogens is 1370 g/mol. The number of hydrogen-bond acceptors (Lipinski definition) is 24. The molecule has 3 aromatic carbocycles. The number of carbonyl (C=O) groups is 7. The molecule has 3 atom stereocenters. The van der Waals surface area contributed by atoms with Gasteiger partial charge in [-0.05, 0) is 97.3 Å². The molecule has 0 spiro atoms. The number of nitrogens with two attached hydrogens (primary N) is 1. The second kappa shape index (κ2) is 45.4. The van der Waals surface area contributed by atoms with Crippen molar-refractivity contribution in [2.45, 2.75) is 90.2 Å². The molecule has 2 aliphatic rings. The highest BCUT2D eigenvalue weighted by atomic mass is 16.6. The first kappa shape index (κ1) is 83.3. The van der Waals surface area contributed by atoms with Crippen LogP contribution in [-0.2, 0) is 114 Å². The second-order valence-electron chi connectivity index (χ2n) is 24.7. The number of aliphatic hydroxyl groups is 1. The molecule has 5 amide bonds. The zero-order valence-corrected chi connectivity index (χ0v) is 60.3. The van der Waals surface area contributed by atoms with Crippen LogP contribution in [0.4, 0.5) is 15.3 Å². The van der Waals surface area contributed by atoms with Crippen molar-refractivity contribution in [1.82, 2.24) is 30.0 Å². The lowest BCUT2D eigenvalue weighted by Crippen LogP contribution is -2.45. The lowest BCUT2D eigenvalue weighted by Gasteiger charge is -2.31. The van der Waals surface area contributed by atoms with Gasteiger partial charge in [0.05, 0.1) is 141 Å². The fourth-order valence-electron chi connectivity index (χ4n) is 11.4. The van der Waals surface area contributed by atoms with Crippen LogP contribution < -0.4 is 32.0 Å². The van der Waals surface area contributed by atoms with Crippen molar-refractivity contribution in [2.75, 3.05) is 171 Å². The number of Topliss-reactive ketones (excluding diaryl/α,β-unsaturated/α-hetero) is 1. The maximum Gasteiger partial charge on any atom is 0.415 e. The van der Waals surface area contributed by atoms with E-state index in [4.69, 9.17) is 73.1 Å². The van der Waals surface area contributed by atoms with Crippen LogP contribution >= 0.6 is 0 Å². The number of fused-ring (bicyclic) bond motifs is 5. The van der Waals surface area contributed by atoms with E-state index in [2.05, 4.69) is 26.0 Å². The number of hydrogen-bond donors (Lipinski definition) is 5. The number of azide groups is 1. The minimum absolute atomic E-state index is 0.0234. The van der Waals surface area contributed by atoms with Crippen LogP contribution in [0.1, 0.15) is 79.3 Å². The van der Waals surface area contributed by atoms with Gasteiger partial charge in [-0.3, -0.25) is 24.0 Å². The van der Waals surface area contributed by atoms with Gasteiger partial charge in [0.25, 0.3) is 5.56 Å². The molecule has 0 saturated carbocycles. The van der Waals surface area contributed by atoms with Crippen LogP contribution in [-0.4, -0.2) is 238 Å². The molecule has 2 aromatic heterocycles. The van der Waals surface area contributed by atoms with Crippen molar-refractivity contribution in [3.8, 4) is 17.1 Å². The van der Waals surface area contributed by atoms with Gasteiger partial charge in [0, 0.05) is 79.7 Å². The van der Waals surface area contributed by atoms with E-state index in [1.54, 1.807) is 60.0 Å². The number of aromatic nitrogens is 2. The summed E-state index contributed by atoms with van der Waals surface area (Å²) >= 11 is 0. The molecule has 5 aromatic rings. The Labute approximate surface area is 609 Å². The van der Waals surface area contributed by atoms with Crippen molar-refractivity contribution in [2.24, 2.45) is 16.8 Å². The quantitative estimate of drug-likeness (QED) is 0.0106. The van der Waals surface area contributed by atoms with Gasteiger partial charge >= 0.3 is 18.2 Å². The fraction of sp³-hybridized carbons (Fsp3) is 0.548. The Morgan fingerprint density at radius 3 is 1.92 bits per heavy atom. The first-order valence-corrected chi connectivity index (χ1v) is 35.3. The molecule has 105 heavy (non-hydrogen) atoms. The first-order chi connectivity index (χ1) is 51.0. The number of ether oxygens (including phenoxy) is 12. The van der Waals surface area contributed by atoms with Crippen molar-refractivity contribution >= 4 is 58.3 Å². The summed E-state index contributed by atoms with van der Waals surface area (Å²) in [6.45, 7) is 9.85. The molecule has 0 saturated heterocycles. The number of cyclic esters (lactones) is 1. The van der Waals surface area contributed by atoms with Gasteiger partial charge < -0.3 is 98.0 Å². The van der Waals surface area contributed by atoms with Crippen molar-refractivity contribution in [1.29, 1.82) is 0 Å². The SMILES string of the molecule is CCc1c2c(nc3ccc(OC(=O)N(C)CCN(C)C(=O)OCc4ccc(NC(=O)C(CCCCN)CC(=O)C(Cc5ccccc5)NC(=O)COCC(=O)NCCOCCOCCOCCOCCOCCOCCOCCOCCN=[N+]=[N-])cc4)cc13)-c1cc3c(c(=O)n1C2)COC(=O)[C@]3(O)CC. The third-order valence-electron chi connectivity index (χ3n) is 17.2. The molecule has 6 N–H and O–H groups in total. The zero-order valence-electron chi connectivity index (χ0n) is 60.3. The summed E-state index contributed by atoms with van der Waals surface area (Å²) in [6, 6.07) is 21.5. The third-order valence-corrected chi connectivity index (χ3v) is 17.2. The Kier molecular flexibility index (Phi) is 36.0. The fourth-order valence-corrected chi connectivity index (χ4v) is 11.4. The largest absolute Gasteiger partial charge is 0.458 e. The average molecular weight is 1470 g/mol. The number of carbonyl (C=O) groups excluding carboxylic acids is 7. The Morgan fingerprint density at radius 1 is 0.724 bits per heavy atom. The summed E-state index contributed by atoms with van der Waals surface area (Å²) in [5.74, 6) is -3.21. The third kappa shape index (κ3) is 26.8. The molecule has 4 heterocycles. The number of esters is 1. The van der Waals surface area contributed by atoms with E-state index in [1.807, 2.05) is 37.3 Å². The maximum atomic E-state index is 14.2. The summed E-state index contributed by atoms with van der Waals surface area (Å²) in [5, 5.41) is 23.7. The number of ketones is 1. The number of unbranched alkanes of at least 4 members (excludes halogenated alkanes) is 1. The van der Waals surface area contributed by atoms with E-state index in [1.165, 1.54) is 23.9 Å². The Hall–Kier alpha value is -9.02. The summed E-state index contributed by atoms with van der Waals surface area (Å²) in [6.07, 6.45) is 0.724. The minimum Gasteiger partial charge on any atom is -0.458 e. The van der Waals surface area contributed by atoms with Crippen LogP contribution in [0, 0.1) is 5.92 Å². The number of aryl methyl sites for hydroxylation is 1. The summed E-state index contributed by atoms with van der Waals surface area (Å²) in [4.78, 5) is 117. The van der Waals surface area contributed by atoms with Crippen molar-refractivity contribution in [3.63, 3.8) is 0 Å². The lowest BCUT2D eigenvalue weighted by atomic mass is 9.86. The standard InChI is InChI=1S/C73H99N11O21/c1-5-56-57-44-55(19-20-61(57)80-67-58(56)46-84-63(67)45-60-59(69(84)89)48-103-70(90)73(60,93)6-2)105-72(92)83(4)25-24-82(3)71(91)104-47-52-15-17-54(18-16-52)78-68(88)53(14-10-11-21-74)43-64(85)62(42-51-12-8-7-9-13-51)79-66(87)50-102-49-65(86)76-22-26-94-28-30-96-32-34-98-36-38-100-40-41-101-39-37-99-35-33-97-31-29-95-27-23-77-81-75/h7-9,12-13,15-20,44-45,53,62,93H,5-6,10-11,14,21-43,46-50,74H2,1-4H3,(H,76,86)(H,78,88)(H,79,87)/t53?,62?,73-/m0/s1. The molecule has 7 rings (SSSR count). The molecule has 572 valence electrons. The predicted octanol–water partition coefficient (Wildman–Crippen LogP) is 5.29. The Morgan fingerprint density at radius 2 is 1.32 bits per heavy atom. The van der Waals surface area contributed by atoms with E-state index in [9.17, 15) is 43.5 Å². The van der Waals surface area contributed by atoms with Crippen molar-refractivity contribution in [3.05, 3.63) is 133 Å². The van der Waals surface area contributed by atoms with Crippen molar-refractivity contribution < 1.29 is 95.5 Å². The minimum atomic E-state index is -1.95. The number of pyridine rings is 2. The molecule has 2 aliphatic heterocycles. The first-order valence-electron chi connectivity index (χ1n) is 35.3. The molecular formula is C73H99N11O21. The van der Waals surface area contributed by atoms with Gasteiger partial charge in [-0.2, -0.15) is 0 Å². The van der Waals surface area contributed by atoms with Gasteiger partial charge in [0.15, 0.2) is 11.4 Å². The smallest absolute Gasteiger partial charge is 0.415 e. The number of benzene rings is 3. The average Bonchev–Trinajstić information content (AvgIpc) is 1.61. The van der Waals surface area contributed by atoms with Gasteiger partial charge in [-0.1, -0.05) is 67.8 Å². The monoisotopic (exact) mass is 1470 g/mol. The van der Waals surface area contributed by atoms with Crippen LogP contribution in [0.15, 0.2) is 88.8 Å². The number of nitrogens with one attached hydrogen (secondary N) is 3. The molecule has 2 unspecified atom stereocenters. The van der Waals surface area contributed by atoms with Crippen LogP contribution in [0.5, 0.6) is 5.75 Å². The van der Waals surface area contributed by atoms with Gasteiger partial charge in [-0.25, -0.2) is 19.4 Å². The summed E-state index contributed by atoms with van der Waals surface area (Å²) in [5.41, 5.74) is 17.3. The van der Waals surface area contributed by atoms with Gasteiger partial charge in [0.2, 0.25) is 17.7 Å². The number of nitrogens with zero attached hydrogens (tertiary/aromatic N) is 7. The van der Waals surface area contributed by atoms with E-state index >= 15 is 0 Å². The van der Waals surface area contributed by atoms with E-state index in [0.29, 0.717) is 166 Å². The molecule has 32 nitrogen and oxygen atoms in total. The van der Waals surface area contributed by atoms with E-state index in [-0.39, 0.29) is 93.5 Å². The number of likely N-dealkylation sites (N-methyl/N-ethyl adjacent to an activating group) is 2. The molecule has 0 fully saturated rings.